The maximum atomic E-state index is 10.4. The fourth-order valence-electron chi connectivity index (χ4n) is 4.06. The predicted octanol–water partition coefficient (Wildman–Crippen LogP) is 3.34. The molecule has 2 aliphatic carbocycles. The summed E-state index contributed by atoms with van der Waals surface area (Å²) >= 11 is 0. The molecule has 0 spiro atoms. The van der Waals surface area contributed by atoms with Crippen LogP contribution in [0.5, 0.6) is 11.5 Å². The second-order valence-electron chi connectivity index (χ2n) is 8.19. The van der Waals surface area contributed by atoms with Gasteiger partial charge < -0.3 is 24.8 Å². The van der Waals surface area contributed by atoms with Crippen LogP contribution in [-0.2, 0) is 6.54 Å². The predicted molar refractivity (Wildman–Crippen MR) is 108 cm³/mol. The minimum absolute atomic E-state index is 0.285. The molecule has 2 N–H and O–H groups in total. The number of aliphatic hydroxyl groups excluding tert-OH is 1. The summed E-state index contributed by atoms with van der Waals surface area (Å²) in [4.78, 5) is 2.29. The van der Waals surface area contributed by atoms with Crippen molar-refractivity contribution in [2.75, 3.05) is 27.3 Å². The monoisotopic (exact) mass is 376 g/mol. The van der Waals surface area contributed by atoms with E-state index in [2.05, 4.69) is 23.3 Å². The van der Waals surface area contributed by atoms with Crippen molar-refractivity contribution < 1.29 is 14.6 Å². The molecule has 5 nitrogen and oxygen atoms in total. The highest BCUT2D eigenvalue weighted by atomic mass is 16.5. The highest BCUT2D eigenvalue weighted by Crippen LogP contribution is 2.29. The summed E-state index contributed by atoms with van der Waals surface area (Å²) in [6.45, 7) is 1.79. The van der Waals surface area contributed by atoms with Gasteiger partial charge in [0.1, 0.15) is 12.7 Å². The van der Waals surface area contributed by atoms with Gasteiger partial charge in [-0.1, -0.05) is 31.7 Å². The summed E-state index contributed by atoms with van der Waals surface area (Å²) < 4.78 is 11.4. The first-order chi connectivity index (χ1) is 13.2. The number of hydrogen-bond acceptors (Lipinski definition) is 5. The lowest BCUT2D eigenvalue weighted by molar-refractivity contribution is 0.0553. The van der Waals surface area contributed by atoms with Crippen LogP contribution in [-0.4, -0.2) is 55.5 Å². The van der Waals surface area contributed by atoms with E-state index in [-0.39, 0.29) is 6.61 Å². The molecule has 0 heterocycles. The second-order valence-corrected chi connectivity index (χ2v) is 8.19. The molecular weight excluding hydrogens is 340 g/mol. The van der Waals surface area contributed by atoms with Crippen molar-refractivity contribution in [1.29, 1.82) is 0 Å². The quantitative estimate of drug-likeness (QED) is 0.656. The summed E-state index contributed by atoms with van der Waals surface area (Å²) in [6, 6.07) is 7.33. The van der Waals surface area contributed by atoms with Crippen LogP contribution in [0, 0.1) is 0 Å². The van der Waals surface area contributed by atoms with Gasteiger partial charge in [-0.15, -0.1) is 0 Å². The van der Waals surface area contributed by atoms with Gasteiger partial charge >= 0.3 is 0 Å². The van der Waals surface area contributed by atoms with E-state index >= 15 is 0 Å². The van der Waals surface area contributed by atoms with Crippen LogP contribution in [0.2, 0.25) is 0 Å². The van der Waals surface area contributed by atoms with Crippen molar-refractivity contribution in [2.45, 2.75) is 76.1 Å². The Morgan fingerprint density at radius 2 is 1.89 bits per heavy atom. The van der Waals surface area contributed by atoms with Crippen molar-refractivity contribution in [3.63, 3.8) is 0 Å². The maximum absolute atomic E-state index is 10.4. The molecular formula is C22H36N2O3. The summed E-state index contributed by atoms with van der Waals surface area (Å²) in [6.07, 6.45) is 9.86. The average Bonchev–Trinajstić information content (AvgIpc) is 2.66. The SMILES string of the molecule is COc1cc(CNC2CCC2)ccc1OCC(O)CN(C)C1CCCCC1. The minimum Gasteiger partial charge on any atom is -0.493 e. The average molecular weight is 377 g/mol. The number of nitrogens with one attached hydrogen (secondary N) is 1. The first-order valence-corrected chi connectivity index (χ1v) is 10.6. The molecule has 1 aromatic rings. The number of methoxy groups -OCH3 is 1. The van der Waals surface area contributed by atoms with Gasteiger partial charge in [0.15, 0.2) is 11.5 Å². The molecule has 0 amide bonds. The van der Waals surface area contributed by atoms with Crippen molar-refractivity contribution >= 4 is 0 Å². The molecule has 2 aliphatic rings. The number of nitrogens with zero attached hydrogens (tertiary/aromatic N) is 1. The van der Waals surface area contributed by atoms with E-state index in [0.717, 1.165) is 12.3 Å². The zero-order chi connectivity index (χ0) is 19.1. The minimum atomic E-state index is -0.499. The molecule has 0 saturated heterocycles. The van der Waals surface area contributed by atoms with Gasteiger partial charge in [0.05, 0.1) is 7.11 Å². The number of likely N-dealkylation sites (N-methyl/N-ethyl adjacent to an activating group) is 1. The van der Waals surface area contributed by atoms with Crippen LogP contribution in [0.3, 0.4) is 0 Å². The van der Waals surface area contributed by atoms with Gasteiger partial charge in [-0.2, -0.15) is 0 Å². The van der Waals surface area contributed by atoms with Crippen LogP contribution in [0.15, 0.2) is 18.2 Å². The van der Waals surface area contributed by atoms with Crippen molar-refractivity contribution in [3.05, 3.63) is 23.8 Å². The van der Waals surface area contributed by atoms with E-state index in [1.165, 1.54) is 56.9 Å². The van der Waals surface area contributed by atoms with E-state index in [0.29, 0.717) is 24.4 Å². The normalized spacial score (nSPS) is 19.7. The Morgan fingerprint density at radius 3 is 2.56 bits per heavy atom. The van der Waals surface area contributed by atoms with Crippen molar-refractivity contribution in [3.8, 4) is 11.5 Å². The van der Waals surface area contributed by atoms with Gasteiger partial charge in [-0.05, 0) is 50.4 Å². The maximum Gasteiger partial charge on any atom is 0.161 e. The molecule has 2 fully saturated rings. The molecule has 0 aliphatic heterocycles. The van der Waals surface area contributed by atoms with E-state index in [4.69, 9.17) is 9.47 Å². The number of ether oxygens (including phenoxy) is 2. The summed E-state index contributed by atoms with van der Waals surface area (Å²) in [5.74, 6) is 1.43. The fourth-order valence-corrected chi connectivity index (χ4v) is 4.06. The topological polar surface area (TPSA) is 54.0 Å². The lowest BCUT2D eigenvalue weighted by Gasteiger charge is -2.32. The third-order valence-electron chi connectivity index (χ3n) is 6.06. The zero-order valence-electron chi connectivity index (χ0n) is 17.0. The molecule has 0 radical (unpaired) electrons. The number of aliphatic hydroxyl groups is 1. The molecule has 3 rings (SSSR count). The van der Waals surface area contributed by atoms with E-state index < -0.39 is 6.10 Å². The molecule has 1 unspecified atom stereocenters. The molecule has 1 atom stereocenters. The largest absolute Gasteiger partial charge is 0.493 e. The van der Waals surface area contributed by atoms with Crippen molar-refractivity contribution in [1.82, 2.24) is 10.2 Å². The van der Waals surface area contributed by atoms with Crippen LogP contribution >= 0.6 is 0 Å². The van der Waals surface area contributed by atoms with Gasteiger partial charge in [0.2, 0.25) is 0 Å². The lowest BCUT2D eigenvalue weighted by Crippen LogP contribution is -2.40. The summed E-state index contributed by atoms with van der Waals surface area (Å²) in [7, 11) is 3.78. The van der Waals surface area contributed by atoms with Gasteiger partial charge in [0, 0.05) is 25.2 Å². The third-order valence-corrected chi connectivity index (χ3v) is 6.06. The first-order valence-electron chi connectivity index (χ1n) is 10.6. The molecule has 2 saturated carbocycles. The zero-order valence-corrected chi connectivity index (χ0v) is 17.0. The number of hydrogen-bond donors (Lipinski definition) is 2. The summed E-state index contributed by atoms with van der Waals surface area (Å²) in [5, 5.41) is 14.0. The van der Waals surface area contributed by atoms with Gasteiger partial charge in [0.25, 0.3) is 0 Å². The highest BCUT2D eigenvalue weighted by Gasteiger charge is 2.21. The third kappa shape index (κ3) is 6.09. The highest BCUT2D eigenvalue weighted by molar-refractivity contribution is 5.43. The van der Waals surface area contributed by atoms with E-state index in [1.807, 2.05) is 12.1 Å². The molecule has 1 aromatic carbocycles. The Hall–Kier alpha value is -1.30. The Bertz CT molecular complexity index is 571. The van der Waals surface area contributed by atoms with Gasteiger partial charge in [-0.3, -0.25) is 0 Å². The van der Waals surface area contributed by atoms with Crippen LogP contribution in [0.4, 0.5) is 0 Å². The fraction of sp³-hybridized carbons (Fsp3) is 0.727. The Kier molecular flexibility index (Phi) is 7.80. The summed E-state index contributed by atoms with van der Waals surface area (Å²) in [5.41, 5.74) is 1.20. The molecule has 0 bridgehead atoms. The molecule has 0 aromatic heterocycles. The van der Waals surface area contributed by atoms with Crippen LogP contribution in [0.1, 0.15) is 56.9 Å². The van der Waals surface area contributed by atoms with E-state index in [9.17, 15) is 5.11 Å². The Balaban J connectivity index is 1.45. The molecule has 27 heavy (non-hydrogen) atoms. The standard InChI is InChI=1S/C22H36N2O3/c1-24(19-9-4-3-5-10-19)15-20(25)16-27-21-12-11-17(13-22(21)26-2)14-23-18-7-6-8-18/h11-13,18-20,23,25H,3-10,14-16H2,1-2H3. The molecule has 5 heteroatoms. The van der Waals surface area contributed by atoms with Gasteiger partial charge in [-0.25, -0.2) is 0 Å². The lowest BCUT2D eigenvalue weighted by atomic mass is 9.93. The van der Waals surface area contributed by atoms with E-state index in [1.54, 1.807) is 7.11 Å². The van der Waals surface area contributed by atoms with Crippen LogP contribution in [0.25, 0.3) is 0 Å². The number of rotatable bonds is 10. The first kappa shape index (κ1) is 20.4. The number of benzene rings is 1. The Morgan fingerprint density at radius 1 is 1.11 bits per heavy atom. The smallest absolute Gasteiger partial charge is 0.161 e. The van der Waals surface area contributed by atoms with Crippen molar-refractivity contribution in [2.24, 2.45) is 0 Å². The van der Waals surface area contributed by atoms with Crippen LogP contribution < -0.4 is 14.8 Å². The molecule has 152 valence electrons. The second kappa shape index (κ2) is 10.3. The Labute approximate surface area is 164 Å².